The average Bonchev–Trinajstić information content (AvgIpc) is 2.28. The molecule has 0 unspecified atom stereocenters. The highest BCUT2D eigenvalue weighted by Crippen LogP contribution is 2.13. The minimum Gasteiger partial charge on any atom is -0.466 e. The summed E-state index contributed by atoms with van der Waals surface area (Å²) in [5.41, 5.74) is 0.631. The van der Waals surface area contributed by atoms with Crippen LogP contribution in [0.1, 0.15) is 35.7 Å². The van der Waals surface area contributed by atoms with E-state index in [0.29, 0.717) is 11.3 Å². The Morgan fingerprint density at radius 3 is 2.46 bits per heavy atom. The van der Waals surface area contributed by atoms with Crippen LogP contribution in [0.25, 0.3) is 0 Å². The van der Waals surface area contributed by atoms with E-state index in [1.54, 1.807) is 13.0 Å². The monoisotopic (exact) mass is 181 g/mol. The van der Waals surface area contributed by atoms with Crippen molar-refractivity contribution in [2.45, 2.75) is 33.7 Å². The van der Waals surface area contributed by atoms with E-state index in [-0.39, 0.29) is 11.9 Å². The summed E-state index contributed by atoms with van der Waals surface area (Å²) in [6.45, 7) is 7.49. The molecule has 0 atom stereocenters. The zero-order chi connectivity index (χ0) is 10.0. The highest BCUT2D eigenvalue weighted by Gasteiger charge is 2.13. The molecule has 0 aliphatic rings. The molecule has 0 aliphatic carbocycles. The molecule has 0 saturated heterocycles. The molecule has 1 rings (SSSR count). The number of nitrogens with one attached hydrogen (secondary N) is 1. The first-order valence-corrected chi connectivity index (χ1v) is 4.38. The number of aryl methyl sites for hydroxylation is 2. The normalized spacial score (nSPS) is 10.5. The standard InChI is InChI=1S/C10H15NO2/c1-6(2)11-10(12)9-5-7(3)13-8(9)4/h5-6H,1-4H3,(H,11,12). The number of furan rings is 1. The predicted octanol–water partition coefficient (Wildman–Crippen LogP) is 2.03. The highest BCUT2D eigenvalue weighted by molar-refractivity contribution is 5.95. The van der Waals surface area contributed by atoms with Crippen LogP contribution in [0, 0.1) is 13.8 Å². The van der Waals surface area contributed by atoms with Crippen LogP contribution in [0.2, 0.25) is 0 Å². The molecular weight excluding hydrogens is 166 g/mol. The van der Waals surface area contributed by atoms with Crippen LogP contribution in [0.15, 0.2) is 10.5 Å². The number of hydrogen-bond acceptors (Lipinski definition) is 2. The summed E-state index contributed by atoms with van der Waals surface area (Å²) in [7, 11) is 0. The van der Waals surface area contributed by atoms with Gasteiger partial charge in [-0.15, -0.1) is 0 Å². The Balaban J connectivity index is 2.82. The Bertz CT molecular complexity index is 313. The van der Waals surface area contributed by atoms with E-state index in [1.807, 2.05) is 20.8 Å². The van der Waals surface area contributed by atoms with Crippen molar-refractivity contribution in [1.29, 1.82) is 0 Å². The van der Waals surface area contributed by atoms with Crippen LogP contribution in [0.3, 0.4) is 0 Å². The number of rotatable bonds is 2. The summed E-state index contributed by atoms with van der Waals surface area (Å²) < 4.78 is 5.26. The Morgan fingerprint density at radius 2 is 2.08 bits per heavy atom. The molecule has 0 aliphatic heterocycles. The second-order valence-corrected chi connectivity index (χ2v) is 3.46. The van der Waals surface area contributed by atoms with Crippen molar-refractivity contribution in [3.63, 3.8) is 0 Å². The number of hydrogen-bond donors (Lipinski definition) is 1. The zero-order valence-corrected chi connectivity index (χ0v) is 8.47. The molecule has 1 aromatic heterocycles. The van der Waals surface area contributed by atoms with Gasteiger partial charge in [-0.25, -0.2) is 0 Å². The fourth-order valence-corrected chi connectivity index (χ4v) is 1.20. The van der Waals surface area contributed by atoms with E-state index in [4.69, 9.17) is 4.42 Å². The molecule has 1 amide bonds. The molecule has 3 heteroatoms. The SMILES string of the molecule is Cc1cc(C(=O)NC(C)C)c(C)o1. The molecule has 1 heterocycles. The van der Waals surface area contributed by atoms with Gasteiger partial charge in [0.25, 0.3) is 5.91 Å². The van der Waals surface area contributed by atoms with Crippen molar-refractivity contribution < 1.29 is 9.21 Å². The fraction of sp³-hybridized carbons (Fsp3) is 0.500. The van der Waals surface area contributed by atoms with Gasteiger partial charge in [0.05, 0.1) is 5.56 Å². The maximum absolute atomic E-state index is 11.5. The molecule has 0 bridgehead atoms. The van der Waals surface area contributed by atoms with E-state index in [9.17, 15) is 4.79 Å². The van der Waals surface area contributed by atoms with E-state index in [2.05, 4.69) is 5.32 Å². The third-order valence-corrected chi connectivity index (χ3v) is 1.71. The zero-order valence-electron chi connectivity index (χ0n) is 8.47. The van der Waals surface area contributed by atoms with Gasteiger partial charge in [0, 0.05) is 6.04 Å². The first-order chi connectivity index (χ1) is 6.00. The lowest BCUT2D eigenvalue weighted by atomic mass is 10.2. The molecule has 72 valence electrons. The second kappa shape index (κ2) is 3.64. The Kier molecular flexibility index (Phi) is 2.76. The first kappa shape index (κ1) is 9.84. The van der Waals surface area contributed by atoms with Gasteiger partial charge < -0.3 is 9.73 Å². The maximum Gasteiger partial charge on any atom is 0.255 e. The fourth-order valence-electron chi connectivity index (χ4n) is 1.20. The molecule has 3 nitrogen and oxygen atoms in total. The third kappa shape index (κ3) is 2.34. The summed E-state index contributed by atoms with van der Waals surface area (Å²) in [4.78, 5) is 11.5. The molecular formula is C10H15NO2. The van der Waals surface area contributed by atoms with E-state index >= 15 is 0 Å². The molecule has 1 aromatic rings. The molecule has 0 saturated carbocycles. The van der Waals surface area contributed by atoms with Gasteiger partial charge in [0.2, 0.25) is 0 Å². The van der Waals surface area contributed by atoms with Gasteiger partial charge in [-0.2, -0.15) is 0 Å². The van der Waals surface area contributed by atoms with Crippen molar-refractivity contribution in [2.24, 2.45) is 0 Å². The van der Waals surface area contributed by atoms with Crippen molar-refractivity contribution in [3.8, 4) is 0 Å². The van der Waals surface area contributed by atoms with Gasteiger partial charge in [0.15, 0.2) is 0 Å². The first-order valence-electron chi connectivity index (χ1n) is 4.38. The summed E-state index contributed by atoms with van der Waals surface area (Å²) in [6.07, 6.45) is 0. The van der Waals surface area contributed by atoms with Crippen LogP contribution in [-0.2, 0) is 0 Å². The van der Waals surface area contributed by atoms with Crippen molar-refractivity contribution in [2.75, 3.05) is 0 Å². The highest BCUT2D eigenvalue weighted by atomic mass is 16.3. The van der Waals surface area contributed by atoms with E-state index in [0.717, 1.165) is 5.76 Å². The molecule has 1 N–H and O–H groups in total. The molecule has 0 aromatic carbocycles. The number of amides is 1. The molecule has 0 fully saturated rings. The minimum atomic E-state index is -0.0654. The molecule has 13 heavy (non-hydrogen) atoms. The van der Waals surface area contributed by atoms with E-state index < -0.39 is 0 Å². The van der Waals surface area contributed by atoms with Crippen LogP contribution < -0.4 is 5.32 Å². The minimum absolute atomic E-state index is 0.0654. The predicted molar refractivity (Wildman–Crippen MR) is 50.8 cm³/mol. The Morgan fingerprint density at radius 1 is 1.46 bits per heavy atom. The van der Waals surface area contributed by atoms with Crippen LogP contribution >= 0.6 is 0 Å². The molecule has 0 radical (unpaired) electrons. The smallest absolute Gasteiger partial charge is 0.255 e. The third-order valence-electron chi connectivity index (χ3n) is 1.71. The Hall–Kier alpha value is -1.25. The van der Waals surface area contributed by atoms with Gasteiger partial charge in [-0.3, -0.25) is 4.79 Å². The van der Waals surface area contributed by atoms with Crippen molar-refractivity contribution >= 4 is 5.91 Å². The topological polar surface area (TPSA) is 42.2 Å². The maximum atomic E-state index is 11.5. The van der Waals surface area contributed by atoms with Crippen LogP contribution in [0.5, 0.6) is 0 Å². The van der Waals surface area contributed by atoms with E-state index in [1.165, 1.54) is 0 Å². The summed E-state index contributed by atoms with van der Waals surface area (Å²) in [6, 6.07) is 1.91. The van der Waals surface area contributed by atoms with Crippen molar-refractivity contribution in [1.82, 2.24) is 5.32 Å². The quantitative estimate of drug-likeness (QED) is 0.758. The average molecular weight is 181 g/mol. The number of carbonyl (C=O) groups is 1. The lowest BCUT2D eigenvalue weighted by Gasteiger charge is -2.06. The van der Waals surface area contributed by atoms with Gasteiger partial charge in [-0.1, -0.05) is 0 Å². The lowest BCUT2D eigenvalue weighted by Crippen LogP contribution is -2.30. The van der Waals surface area contributed by atoms with Crippen LogP contribution in [0.4, 0.5) is 0 Å². The van der Waals surface area contributed by atoms with Gasteiger partial charge >= 0.3 is 0 Å². The van der Waals surface area contributed by atoms with Gasteiger partial charge in [-0.05, 0) is 33.8 Å². The summed E-state index contributed by atoms with van der Waals surface area (Å²) >= 11 is 0. The number of carbonyl (C=O) groups excluding carboxylic acids is 1. The van der Waals surface area contributed by atoms with Crippen molar-refractivity contribution in [3.05, 3.63) is 23.2 Å². The lowest BCUT2D eigenvalue weighted by molar-refractivity contribution is 0.0941. The summed E-state index contributed by atoms with van der Waals surface area (Å²) in [5, 5.41) is 2.81. The second-order valence-electron chi connectivity index (χ2n) is 3.46. The Labute approximate surface area is 78.1 Å². The molecule has 0 spiro atoms. The van der Waals surface area contributed by atoms with Crippen LogP contribution in [-0.4, -0.2) is 11.9 Å². The summed E-state index contributed by atoms with van der Waals surface area (Å²) in [5.74, 6) is 1.38. The largest absolute Gasteiger partial charge is 0.466 e. The van der Waals surface area contributed by atoms with Gasteiger partial charge in [0.1, 0.15) is 11.5 Å².